The molecule has 0 unspecified atom stereocenters. The summed E-state index contributed by atoms with van der Waals surface area (Å²) in [5.41, 5.74) is 1.86. The van der Waals surface area contributed by atoms with Gasteiger partial charge in [-0.1, -0.05) is 12.1 Å². The fraction of sp³-hybridized carbons (Fsp3) is 0.133. The quantitative estimate of drug-likeness (QED) is 0.896. The molecule has 5 nitrogen and oxygen atoms in total. The van der Waals surface area contributed by atoms with Crippen molar-refractivity contribution in [3.05, 3.63) is 59.9 Å². The second kappa shape index (κ2) is 6.34. The molecule has 5 heteroatoms. The van der Waals surface area contributed by atoms with Gasteiger partial charge in [-0.2, -0.15) is 5.26 Å². The SMILES string of the molecule is C[C@H](NC(=O)Nc1cccc(C#N)c1)c1ccccn1. The third kappa shape index (κ3) is 3.56. The predicted molar refractivity (Wildman–Crippen MR) is 76.0 cm³/mol. The highest BCUT2D eigenvalue weighted by Gasteiger charge is 2.10. The molecule has 0 aliphatic carbocycles. The number of urea groups is 1. The van der Waals surface area contributed by atoms with Crippen LogP contribution in [-0.4, -0.2) is 11.0 Å². The van der Waals surface area contributed by atoms with Crippen LogP contribution in [0.15, 0.2) is 48.7 Å². The number of pyridine rings is 1. The standard InChI is InChI=1S/C15H14N4O/c1-11(14-7-2-3-8-17-14)18-15(20)19-13-6-4-5-12(9-13)10-16/h2-9,11H,1H3,(H2,18,19,20)/t11-/m0/s1. The Kier molecular flexibility index (Phi) is 4.30. The first-order valence-corrected chi connectivity index (χ1v) is 6.17. The Labute approximate surface area is 117 Å². The summed E-state index contributed by atoms with van der Waals surface area (Å²) in [6.45, 7) is 1.85. The molecule has 2 aromatic rings. The van der Waals surface area contributed by atoms with Gasteiger partial charge in [-0.3, -0.25) is 4.98 Å². The summed E-state index contributed by atoms with van der Waals surface area (Å²) in [7, 11) is 0. The predicted octanol–water partition coefficient (Wildman–Crippen LogP) is 2.84. The summed E-state index contributed by atoms with van der Waals surface area (Å²) in [6, 6.07) is 13.8. The summed E-state index contributed by atoms with van der Waals surface area (Å²) < 4.78 is 0. The average Bonchev–Trinajstić information content (AvgIpc) is 2.48. The van der Waals surface area contributed by atoms with Crippen LogP contribution in [-0.2, 0) is 0 Å². The number of hydrogen-bond donors (Lipinski definition) is 2. The van der Waals surface area contributed by atoms with Gasteiger partial charge in [-0.25, -0.2) is 4.79 Å². The first-order valence-electron chi connectivity index (χ1n) is 6.17. The number of benzene rings is 1. The lowest BCUT2D eigenvalue weighted by Crippen LogP contribution is -2.31. The van der Waals surface area contributed by atoms with Gasteiger partial charge in [0.1, 0.15) is 0 Å². The summed E-state index contributed by atoms with van der Waals surface area (Å²) in [4.78, 5) is 16.0. The van der Waals surface area contributed by atoms with Crippen molar-refractivity contribution in [3.63, 3.8) is 0 Å². The van der Waals surface area contributed by atoms with Crippen LogP contribution >= 0.6 is 0 Å². The van der Waals surface area contributed by atoms with Gasteiger partial charge in [-0.15, -0.1) is 0 Å². The zero-order chi connectivity index (χ0) is 14.4. The van der Waals surface area contributed by atoms with E-state index in [4.69, 9.17) is 5.26 Å². The van der Waals surface area contributed by atoms with E-state index in [1.165, 1.54) is 0 Å². The van der Waals surface area contributed by atoms with Gasteiger partial charge in [0.2, 0.25) is 0 Å². The number of aromatic nitrogens is 1. The monoisotopic (exact) mass is 266 g/mol. The topological polar surface area (TPSA) is 77.8 Å². The van der Waals surface area contributed by atoms with E-state index in [1.54, 1.807) is 30.5 Å². The number of nitrogens with one attached hydrogen (secondary N) is 2. The normalized spacial score (nSPS) is 11.2. The van der Waals surface area contributed by atoms with Gasteiger partial charge in [-0.05, 0) is 37.3 Å². The van der Waals surface area contributed by atoms with E-state index >= 15 is 0 Å². The maximum absolute atomic E-state index is 11.9. The van der Waals surface area contributed by atoms with Crippen molar-refractivity contribution in [2.45, 2.75) is 13.0 Å². The molecule has 0 spiro atoms. The largest absolute Gasteiger partial charge is 0.330 e. The van der Waals surface area contributed by atoms with Crippen LogP contribution in [0.2, 0.25) is 0 Å². The Morgan fingerprint density at radius 2 is 2.15 bits per heavy atom. The second-order valence-corrected chi connectivity index (χ2v) is 4.27. The number of carbonyl (C=O) groups is 1. The summed E-state index contributed by atoms with van der Waals surface area (Å²) >= 11 is 0. The van der Waals surface area contributed by atoms with Gasteiger partial charge in [0.05, 0.1) is 23.4 Å². The Balaban J connectivity index is 1.97. The van der Waals surface area contributed by atoms with Crippen LogP contribution in [0.4, 0.5) is 10.5 Å². The molecule has 0 aliphatic rings. The smallest absolute Gasteiger partial charge is 0.319 e. The Morgan fingerprint density at radius 3 is 2.85 bits per heavy atom. The van der Waals surface area contributed by atoms with Gasteiger partial charge >= 0.3 is 6.03 Å². The van der Waals surface area contributed by atoms with Crippen LogP contribution < -0.4 is 10.6 Å². The molecule has 1 aromatic carbocycles. The van der Waals surface area contributed by atoms with Crippen molar-refractivity contribution in [3.8, 4) is 6.07 Å². The molecule has 0 aliphatic heterocycles. The highest BCUT2D eigenvalue weighted by Crippen LogP contribution is 2.11. The molecule has 0 fully saturated rings. The van der Waals surface area contributed by atoms with Gasteiger partial charge in [0.25, 0.3) is 0 Å². The zero-order valence-corrected chi connectivity index (χ0v) is 11.0. The van der Waals surface area contributed by atoms with Crippen molar-refractivity contribution in [2.24, 2.45) is 0 Å². The van der Waals surface area contributed by atoms with Crippen LogP contribution in [0, 0.1) is 11.3 Å². The van der Waals surface area contributed by atoms with E-state index in [2.05, 4.69) is 15.6 Å². The lowest BCUT2D eigenvalue weighted by molar-refractivity contribution is 0.249. The fourth-order valence-electron chi connectivity index (χ4n) is 1.74. The minimum atomic E-state index is -0.335. The molecule has 2 N–H and O–H groups in total. The third-order valence-corrected chi connectivity index (χ3v) is 2.73. The minimum Gasteiger partial charge on any atom is -0.330 e. The van der Waals surface area contributed by atoms with Gasteiger partial charge in [0.15, 0.2) is 0 Å². The molecule has 0 saturated heterocycles. The Morgan fingerprint density at radius 1 is 1.30 bits per heavy atom. The molecule has 1 aromatic heterocycles. The number of anilines is 1. The van der Waals surface area contributed by atoms with Crippen LogP contribution in [0.25, 0.3) is 0 Å². The molecule has 20 heavy (non-hydrogen) atoms. The second-order valence-electron chi connectivity index (χ2n) is 4.27. The van der Waals surface area contributed by atoms with Crippen molar-refractivity contribution in [1.82, 2.24) is 10.3 Å². The number of rotatable bonds is 3. The number of hydrogen-bond acceptors (Lipinski definition) is 3. The van der Waals surface area contributed by atoms with Crippen molar-refractivity contribution in [1.29, 1.82) is 5.26 Å². The molecular weight excluding hydrogens is 252 g/mol. The lowest BCUT2D eigenvalue weighted by atomic mass is 10.2. The average molecular weight is 266 g/mol. The summed E-state index contributed by atoms with van der Waals surface area (Å²) in [5, 5.41) is 14.3. The van der Waals surface area contributed by atoms with E-state index in [-0.39, 0.29) is 12.1 Å². The van der Waals surface area contributed by atoms with E-state index in [9.17, 15) is 4.79 Å². The van der Waals surface area contributed by atoms with Crippen LogP contribution in [0.5, 0.6) is 0 Å². The molecule has 2 amide bonds. The zero-order valence-electron chi connectivity index (χ0n) is 11.0. The van der Waals surface area contributed by atoms with E-state index < -0.39 is 0 Å². The fourth-order valence-corrected chi connectivity index (χ4v) is 1.74. The molecule has 1 heterocycles. The molecule has 0 radical (unpaired) electrons. The molecule has 1 atom stereocenters. The third-order valence-electron chi connectivity index (χ3n) is 2.73. The molecule has 0 bridgehead atoms. The Hall–Kier alpha value is -2.87. The number of nitrogens with zero attached hydrogens (tertiary/aromatic N) is 2. The number of carbonyl (C=O) groups excluding carboxylic acids is 1. The van der Waals surface area contributed by atoms with E-state index in [0.717, 1.165) is 5.69 Å². The number of amides is 2. The van der Waals surface area contributed by atoms with E-state index in [0.29, 0.717) is 11.3 Å². The molecule has 100 valence electrons. The maximum atomic E-state index is 11.9. The summed E-state index contributed by atoms with van der Waals surface area (Å²) in [6.07, 6.45) is 1.68. The van der Waals surface area contributed by atoms with Gasteiger partial charge in [0, 0.05) is 11.9 Å². The Bertz CT molecular complexity index is 634. The molecule has 2 rings (SSSR count). The highest BCUT2D eigenvalue weighted by atomic mass is 16.2. The van der Waals surface area contributed by atoms with Crippen molar-refractivity contribution < 1.29 is 4.79 Å². The van der Waals surface area contributed by atoms with Gasteiger partial charge < -0.3 is 10.6 Å². The highest BCUT2D eigenvalue weighted by molar-refractivity contribution is 5.89. The van der Waals surface area contributed by atoms with Crippen molar-refractivity contribution in [2.75, 3.05) is 5.32 Å². The maximum Gasteiger partial charge on any atom is 0.319 e. The lowest BCUT2D eigenvalue weighted by Gasteiger charge is -2.14. The van der Waals surface area contributed by atoms with E-state index in [1.807, 2.05) is 31.2 Å². The minimum absolute atomic E-state index is 0.199. The van der Waals surface area contributed by atoms with Crippen LogP contribution in [0.1, 0.15) is 24.2 Å². The van der Waals surface area contributed by atoms with Crippen molar-refractivity contribution >= 4 is 11.7 Å². The molecular formula is C15H14N4O. The first-order chi connectivity index (χ1) is 9.69. The molecule has 0 saturated carbocycles. The summed E-state index contributed by atoms with van der Waals surface area (Å²) in [5.74, 6) is 0. The number of nitriles is 1. The first kappa shape index (κ1) is 13.6. The van der Waals surface area contributed by atoms with Crippen LogP contribution in [0.3, 0.4) is 0 Å².